The number of aryl methyl sites for hydroxylation is 1. The van der Waals surface area contributed by atoms with E-state index in [-0.39, 0.29) is 17.7 Å². The number of carbonyl (C=O) groups excluding carboxylic acids is 2. The molecule has 0 saturated carbocycles. The summed E-state index contributed by atoms with van der Waals surface area (Å²) in [6, 6.07) is 20.2. The van der Waals surface area contributed by atoms with Gasteiger partial charge in [-0.1, -0.05) is 42.5 Å². The molecule has 0 atom stereocenters. The molecule has 6 rings (SSSR count). The molecule has 0 spiro atoms. The van der Waals surface area contributed by atoms with E-state index in [9.17, 15) is 9.59 Å². The van der Waals surface area contributed by atoms with Crippen LogP contribution in [0.25, 0.3) is 17.0 Å². The van der Waals surface area contributed by atoms with Gasteiger partial charge in [0.1, 0.15) is 0 Å². The van der Waals surface area contributed by atoms with E-state index in [4.69, 9.17) is 4.98 Å². The van der Waals surface area contributed by atoms with E-state index in [2.05, 4.69) is 23.2 Å². The van der Waals surface area contributed by atoms with Crippen molar-refractivity contribution in [3.8, 4) is 0 Å². The van der Waals surface area contributed by atoms with Gasteiger partial charge in [0.25, 0.3) is 5.91 Å². The van der Waals surface area contributed by atoms with Crippen LogP contribution in [-0.4, -0.2) is 44.7 Å². The molecule has 6 heteroatoms. The third kappa shape index (κ3) is 4.55. The average Bonchev–Trinajstić information content (AvgIpc) is 3.56. The van der Waals surface area contributed by atoms with Crippen molar-refractivity contribution in [1.82, 2.24) is 19.8 Å². The molecule has 2 aromatic heterocycles. The highest BCUT2D eigenvalue weighted by Crippen LogP contribution is 2.32. The van der Waals surface area contributed by atoms with E-state index in [0.717, 1.165) is 40.7 Å². The first kappa shape index (κ1) is 23.2. The summed E-state index contributed by atoms with van der Waals surface area (Å²) in [5.74, 6) is 0.219. The van der Waals surface area contributed by atoms with E-state index in [1.165, 1.54) is 11.1 Å². The van der Waals surface area contributed by atoms with E-state index < -0.39 is 0 Å². The molecule has 2 aliphatic heterocycles. The average molecular weight is 491 g/mol. The van der Waals surface area contributed by atoms with E-state index >= 15 is 0 Å². The summed E-state index contributed by atoms with van der Waals surface area (Å²) in [5.41, 5.74) is 6.98. The first-order valence-corrected chi connectivity index (χ1v) is 12.9. The molecule has 0 bridgehead atoms. The zero-order valence-electron chi connectivity index (χ0n) is 21.0. The monoisotopic (exact) mass is 490 g/mol. The van der Waals surface area contributed by atoms with Crippen LogP contribution in [0.3, 0.4) is 0 Å². The van der Waals surface area contributed by atoms with Crippen molar-refractivity contribution < 1.29 is 9.59 Å². The first-order valence-electron chi connectivity index (χ1n) is 12.9. The number of H-pyrrole nitrogens is 1. The van der Waals surface area contributed by atoms with Gasteiger partial charge in [0.05, 0.1) is 11.3 Å². The van der Waals surface area contributed by atoms with Crippen molar-refractivity contribution in [3.05, 3.63) is 107 Å². The number of para-hydroxylation sites is 1. The van der Waals surface area contributed by atoms with E-state index in [1.807, 2.05) is 71.5 Å². The molecule has 6 nitrogen and oxygen atoms in total. The van der Waals surface area contributed by atoms with Crippen LogP contribution in [0.5, 0.6) is 0 Å². The number of nitrogens with zero attached hydrogens (tertiary/aromatic N) is 3. The molecule has 4 aromatic rings. The quantitative estimate of drug-likeness (QED) is 0.387. The van der Waals surface area contributed by atoms with Gasteiger partial charge in [0.2, 0.25) is 5.91 Å². The molecule has 0 radical (unpaired) electrons. The number of amides is 2. The second kappa shape index (κ2) is 9.69. The molecule has 2 aliphatic rings. The summed E-state index contributed by atoms with van der Waals surface area (Å²) >= 11 is 0. The van der Waals surface area contributed by atoms with Crippen molar-refractivity contribution in [2.45, 2.75) is 38.8 Å². The lowest BCUT2D eigenvalue weighted by Gasteiger charge is -2.32. The summed E-state index contributed by atoms with van der Waals surface area (Å²) in [5, 5.41) is 1.11. The number of aromatic nitrogens is 2. The topological polar surface area (TPSA) is 69.3 Å². The maximum atomic E-state index is 13.6. The Morgan fingerprint density at radius 3 is 2.38 bits per heavy atom. The predicted molar refractivity (Wildman–Crippen MR) is 145 cm³/mol. The molecule has 37 heavy (non-hydrogen) atoms. The Hall–Kier alpha value is -4.19. The second-order valence-electron chi connectivity index (χ2n) is 10.0. The van der Waals surface area contributed by atoms with Gasteiger partial charge in [0.15, 0.2) is 0 Å². The Morgan fingerprint density at radius 2 is 1.62 bits per heavy atom. The molecule has 0 unspecified atom stereocenters. The highest BCUT2D eigenvalue weighted by Gasteiger charge is 2.30. The van der Waals surface area contributed by atoms with Gasteiger partial charge in [-0.15, -0.1) is 0 Å². The van der Waals surface area contributed by atoms with Crippen LogP contribution in [0.15, 0.2) is 72.9 Å². The summed E-state index contributed by atoms with van der Waals surface area (Å²) < 4.78 is 0. The van der Waals surface area contributed by atoms with Crippen molar-refractivity contribution in [1.29, 1.82) is 0 Å². The molecule has 1 saturated heterocycles. The van der Waals surface area contributed by atoms with Crippen molar-refractivity contribution in [3.63, 3.8) is 0 Å². The van der Waals surface area contributed by atoms with Gasteiger partial charge in [-0.3, -0.25) is 14.6 Å². The number of pyridine rings is 1. The smallest absolute Gasteiger partial charge is 0.256 e. The summed E-state index contributed by atoms with van der Waals surface area (Å²) in [7, 11) is 0. The molecule has 186 valence electrons. The molecule has 0 aliphatic carbocycles. The Bertz CT molecular complexity index is 1490. The zero-order valence-corrected chi connectivity index (χ0v) is 21.0. The number of nitrogens with one attached hydrogen (secondary N) is 1. The van der Waals surface area contributed by atoms with Crippen LogP contribution in [0, 0.1) is 6.92 Å². The van der Waals surface area contributed by atoms with Crippen LogP contribution in [-0.2, 0) is 17.9 Å². The van der Waals surface area contributed by atoms with Gasteiger partial charge >= 0.3 is 0 Å². The minimum absolute atomic E-state index is 0.0204. The van der Waals surface area contributed by atoms with Crippen molar-refractivity contribution >= 4 is 28.8 Å². The van der Waals surface area contributed by atoms with Crippen LogP contribution in [0.1, 0.15) is 57.2 Å². The van der Waals surface area contributed by atoms with Crippen molar-refractivity contribution in [2.75, 3.05) is 13.1 Å². The zero-order chi connectivity index (χ0) is 25.4. The largest absolute Gasteiger partial charge is 0.361 e. The second-order valence-corrected chi connectivity index (χ2v) is 10.0. The minimum atomic E-state index is 0.0204. The normalized spacial score (nSPS) is 16.0. The number of piperidine rings is 1. The number of hydrogen-bond acceptors (Lipinski definition) is 3. The Balaban J connectivity index is 1.14. The number of carbonyl (C=O) groups is 2. The first-order chi connectivity index (χ1) is 18.1. The molecule has 2 aromatic carbocycles. The lowest BCUT2D eigenvalue weighted by atomic mass is 9.89. The van der Waals surface area contributed by atoms with Gasteiger partial charge in [-0.25, -0.2) is 0 Å². The standard InChI is InChI=1S/C31H30N4O2/c1-21-10-12-27(31(37)35-19-24-6-2-3-7-25(24)20-35)30(33-21)22-14-16-34(17-15-22)29(36)13-11-23-18-32-28-9-5-4-8-26(23)28/h2-13,18,22,32H,14-17,19-20H2,1H3/b13-11+. The van der Waals surface area contributed by atoms with E-state index in [0.29, 0.717) is 31.7 Å². The van der Waals surface area contributed by atoms with Crippen LogP contribution in [0.4, 0.5) is 0 Å². The molecule has 1 fully saturated rings. The maximum absolute atomic E-state index is 13.6. The number of benzene rings is 2. The fourth-order valence-electron chi connectivity index (χ4n) is 5.59. The van der Waals surface area contributed by atoms with Crippen molar-refractivity contribution in [2.24, 2.45) is 0 Å². The maximum Gasteiger partial charge on any atom is 0.256 e. The van der Waals surface area contributed by atoms with Gasteiger partial charge in [-0.2, -0.15) is 0 Å². The number of hydrogen-bond donors (Lipinski definition) is 1. The lowest BCUT2D eigenvalue weighted by Crippen LogP contribution is -2.37. The van der Waals surface area contributed by atoms with Crippen LogP contribution in [0.2, 0.25) is 0 Å². The van der Waals surface area contributed by atoms with Crippen LogP contribution < -0.4 is 0 Å². The summed E-state index contributed by atoms with van der Waals surface area (Å²) in [4.78, 5) is 38.4. The van der Waals surface area contributed by atoms with Gasteiger partial charge < -0.3 is 14.8 Å². The Labute approximate surface area is 216 Å². The molecular formula is C31H30N4O2. The van der Waals surface area contributed by atoms with Crippen LogP contribution >= 0.6 is 0 Å². The van der Waals surface area contributed by atoms with E-state index in [1.54, 1.807) is 6.08 Å². The summed E-state index contributed by atoms with van der Waals surface area (Å²) in [6.45, 7) is 4.55. The fraction of sp³-hybridized carbons (Fsp3) is 0.258. The molecule has 2 amide bonds. The summed E-state index contributed by atoms with van der Waals surface area (Å²) in [6.07, 6.45) is 7.08. The molecule has 1 N–H and O–H groups in total. The van der Waals surface area contributed by atoms with Gasteiger partial charge in [0, 0.05) is 61.0 Å². The van der Waals surface area contributed by atoms with Gasteiger partial charge in [-0.05, 0) is 60.7 Å². The Morgan fingerprint density at radius 1 is 0.919 bits per heavy atom. The number of fused-ring (bicyclic) bond motifs is 2. The molecular weight excluding hydrogens is 460 g/mol. The number of aromatic amines is 1. The Kier molecular flexibility index (Phi) is 6.08. The third-order valence-corrected chi connectivity index (χ3v) is 7.64. The highest BCUT2D eigenvalue weighted by molar-refractivity contribution is 5.97. The number of rotatable bonds is 4. The predicted octanol–water partition coefficient (Wildman–Crippen LogP) is 5.45. The molecule has 4 heterocycles. The third-order valence-electron chi connectivity index (χ3n) is 7.64. The SMILES string of the molecule is Cc1ccc(C(=O)N2Cc3ccccc3C2)c(C2CCN(C(=O)/C=C/c3c[nH]c4ccccc34)CC2)n1. The fourth-order valence-corrected chi connectivity index (χ4v) is 5.59. The highest BCUT2D eigenvalue weighted by atomic mass is 16.2. The number of likely N-dealkylation sites (tertiary alicyclic amines) is 1. The lowest BCUT2D eigenvalue weighted by molar-refractivity contribution is -0.127. The minimum Gasteiger partial charge on any atom is -0.361 e.